The number of hydrogen-bond acceptors (Lipinski definition) is 3. The van der Waals surface area contributed by atoms with E-state index in [-0.39, 0.29) is 18.4 Å². The van der Waals surface area contributed by atoms with Crippen LogP contribution in [0.3, 0.4) is 0 Å². The van der Waals surface area contributed by atoms with Crippen LogP contribution >= 0.6 is 0 Å². The zero-order chi connectivity index (χ0) is 17.9. The van der Waals surface area contributed by atoms with E-state index in [9.17, 15) is 9.59 Å². The molecule has 2 aromatic rings. The molecule has 2 aromatic carbocycles. The molecule has 0 aromatic heterocycles. The van der Waals surface area contributed by atoms with E-state index in [0.717, 1.165) is 24.9 Å². The molecule has 1 saturated heterocycles. The van der Waals surface area contributed by atoms with E-state index in [1.807, 2.05) is 24.3 Å². The summed E-state index contributed by atoms with van der Waals surface area (Å²) in [6.45, 7) is 2.02. The molecule has 134 valence electrons. The van der Waals surface area contributed by atoms with Crippen molar-refractivity contribution in [2.45, 2.75) is 25.4 Å². The minimum atomic E-state index is -0.0945. The fraction of sp³-hybridized carbons (Fsp3) is 0.333. The maximum atomic E-state index is 12.5. The standard InChI is InChI=1S/C21H23N3O2/c25-20-14-24(10-9-22-20)21(26)16-7-5-15(6-8-16)13-23-19-11-17-3-1-2-4-18(17)12-19/h1-8,19,23H,9-14H2,(H,22,25). The number of carbonyl (C=O) groups excluding carboxylic acids is 2. The molecule has 1 aliphatic heterocycles. The molecule has 0 atom stereocenters. The first-order valence-corrected chi connectivity index (χ1v) is 9.14. The summed E-state index contributed by atoms with van der Waals surface area (Å²) in [4.78, 5) is 25.5. The van der Waals surface area contributed by atoms with Crippen LogP contribution in [0.2, 0.25) is 0 Å². The van der Waals surface area contributed by atoms with Crippen molar-refractivity contribution in [1.29, 1.82) is 0 Å². The average Bonchev–Trinajstić information content (AvgIpc) is 3.09. The van der Waals surface area contributed by atoms with Crippen molar-refractivity contribution in [3.63, 3.8) is 0 Å². The predicted octanol–water partition coefficient (Wildman–Crippen LogP) is 1.52. The first kappa shape index (κ1) is 16.8. The first-order chi connectivity index (χ1) is 12.7. The summed E-state index contributed by atoms with van der Waals surface area (Å²) >= 11 is 0. The van der Waals surface area contributed by atoms with Gasteiger partial charge in [-0.15, -0.1) is 0 Å². The van der Waals surface area contributed by atoms with Crippen LogP contribution in [0.4, 0.5) is 0 Å². The molecule has 26 heavy (non-hydrogen) atoms. The molecule has 0 bridgehead atoms. The number of rotatable bonds is 4. The van der Waals surface area contributed by atoms with Crippen LogP contribution in [0.25, 0.3) is 0 Å². The van der Waals surface area contributed by atoms with E-state index in [4.69, 9.17) is 0 Å². The van der Waals surface area contributed by atoms with Gasteiger partial charge in [0.25, 0.3) is 5.91 Å². The highest BCUT2D eigenvalue weighted by Gasteiger charge is 2.22. The van der Waals surface area contributed by atoms with Gasteiger partial charge >= 0.3 is 0 Å². The fourth-order valence-corrected chi connectivity index (χ4v) is 3.73. The van der Waals surface area contributed by atoms with Crippen LogP contribution in [-0.4, -0.2) is 42.4 Å². The largest absolute Gasteiger partial charge is 0.353 e. The van der Waals surface area contributed by atoms with Crippen molar-refractivity contribution in [3.05, 3.63) is 70.8 Å². The van der Waals surface area contributed by atoms with Gasteiger partial charge in [-0.1, -0.05) is 36.4 Å². The Kier molecular flexibility index (Phi) is 4.71. The molecule has 5 heteroatoms. The summed E-state index contributed by atoms with van der Waals surface area (Å²) < 4.78 is 0. The third kappa shape index (κ3) is 3.63. The van der Waals surface area contributed by atoms with Crippen molar-refractivity contribution in [3.8, 4) is 0 Å². The minimum absolute atomic E-state index is 0.0781. The second kappa shape index (κ2) is 7.30. The van der Waals surface area contributed by atoms with Gasteiger partial charge < -0.3 is 15.5 Å². The Morgan fingerprint density at radius 3 is 2.42 bits per heavy atom. The quantitative estimate of drug-likeness (QED) is 0.880. The molecule has 0 saturated carbocycles. The first-order valence-electron chi connectivity index (χ1n) is 9.14. The summed E-state index contributed by atoms with van der Waals surface area (Å²) in [7, 11) is 0. The Labute approximate surface area is 153 Å². The van der Waals surface area contributed by atoms with Crippen LogP contribution < -0.4 is 10.6 Å². The van der Waals surface area contributed by atoms with Crippen LogP contribution in [-0.2, 0) is 24.2 Å². The second-order valence-corrected chi connectivity index (χ2v) is 7.03. The number of nitrogens with zero attached hydrogens (tertiary/aromatic N) is 1. The molecule has 5 nitrogen and oxygen atoms in total. The minimum Gasteiger partial charge on any atom is -0.353 e. The summed E-state index contributed by atoms with van der Waals surface area (Å²) in [6, 6.07) is 16.8. The van der Waals surface area contributed by atoms with Gasteiger partial charge in [-0.05, 0) is 41.7 Å². The van der Waals surface area contributed by atoms with Crippen molar-refractivity contribution in [2.75, 3.05) is 19.6 Å². The zero-order valence-corrected chi connectivity index (χ0v) is 14.7. The van der Waals surface area contributed by atoms with E-state index < -0.39 is 0 Å². The number of piperazine rings is 1. The molecule has 0 radical (unpaired) electrons. The highest BCUT2D eigenvalue weighted by atomic mass is 16.2. The maximum Gasteiger partial charge on any atom is 0.254 e. The SMILES string of the molecule is O=C1CN(C(=O)c2ccc(CNC3Cc4ccccc4C3)cc2)CCN1. The lowest BCUT2D eigenvalue weighted by molar-refractivity contribution is -0.123. The number of carbonyl (C=O) groups is 2. The Hall–Kier alpha value is -2.66. The van der Waals surface area contributed by atoms with E-state index in [0.29, 0.717) is 24.7 Å². The van der Waals surface area contributed by atoms with Crippen LogP contribution in [0.15, 0.2) is 48.5 Å². The lowest BCUT2D eigenvalue weighted by Crippen LogP contribution is -2.49. The highest BCUT2D eigenvalue weighted by molar-refractivity contribution is 5.97. The Morgan fingerprint density at radius 1 is 1.08 bits per heavy atom. The second-order valence-electron chi connectivity index (χ2n) is 7.03. The van der Waals surface area contributed by atoms with Gasteiger partial charge in [0, 0.05) is 31.2 Å². The topological polar surface area (TPSA) is 61.4 Å². The molecule has 2 amide bonds. The van der Waals surface area contributed by atoms with Gasteiger partial charge in [0.15, 0.2) is 0 Å². The molecule has 1 heterocycles. The van der Waals surface area contributed by atoms with Gasteiger partial charge in [-0.2, -0.15) is 0 Å². The van der Waals surface area contributed by atoms with E-state index in [1.165, 1.54) is 11.1 Å². The summed E-state index contributed by atoms with van der Waals surface area (Å²) in [6.07, 6.45) is 2.15. The third-order valence-corrected chi connectivity index (χ3v) is 5.17. The molecule has 2 N–H and O–H groups in total. The molecule has 1 aliphatic carbocycles. The van der Waals surface area contributed by atoms with E-state index in [1.54, 1.807) is 4.90 Å². The van der Waals surface area contributed by atoms with Gasteiger partial charge in [-0.25, -0.2) is 0 Å². The predicted molar refractivity (Wildman–Crippen MR) is 99.8 cm³/mol. The smallest absolute Gasteiger partial charge is 0.254 e. The van der Waals surface area contributed by atoms with Crippen molar-refractivity contribution >= 4 is 11.8 Å². The number of fused-ring (bicyclic) bond motifs is 1. The zero-order valence-electron chi connectivity index (χ0n) is 14.7. The lowest BCUT2D eigenvalue weighted by atomic mass is 10.1. The van der Waals surface area contributed by atoms with Crippen molar-refractivity contribution < 1.29 is 9.59 Å². The summed E-state index contributed by atoms with van der Waals surface area (Å²) in [5, 5.41) is 6.35. The molecule has 4 rings (SSSR count). The van der Waals surface area contributed by atoms with Crippen molar-refractivity contribution in [2.24, 2.45) is 0 Å². The monoisotopic (exact) mass is 349 g/mol. The highest BCUT2D eigenvalue weighted by Crippen LogP contribution is 2.22. The molecule has 1 fully saturated rings. The summed E-state index contributed by atoms with van der Waals surface area (Å²) in [5.74, 6) is -0.173. The van der Waals surface area contributed by atoms with Crippen LogP contribution in [0, 0.1) is 0 Å². The van der Waals surface area contributed by atoms with Crippen LogP contribution in [0.5, 0.6) is 0 Å². The van der Waals surface area contributed by atoms with Gasteiger partial charge in [0.1, 0.15) is 0 Å². The average molecular weight is 349 g/mol. The van der Waals surface area contributed by atoms with Gasteiger partial charge in [0.05, 0.1) is 6.54 Å². The Morgan fingerprint density at radius 2 is 1.77 bits per heavy atom. The molecular formula is C21H23N3O2. The molecular weight excluding hydrogens is 326 g/mol. The normalized spacial score (nSPS) is 17.1. The molecule has 2 aliphatic rings. The number of hydrogen-bond donors (Lipinski definition) is 2. The van der Waals surface area contributed by atoms with Gasteiger partial charge in [-0.3, -0.25) is 9.59 Å². The number of amides is 2. The Bertz CT molecular complexity index is 791. The van der Waals surface area contributed by atoms with Crippen molar-refractivity contribution in [1.82, 2.24) is 15.5 Å². The van der Waals surface area contributed by atoms with Gasteiger partial charge in [0.2, 0.25) is 5.91 Å². The number of benzene rings is 2. The molecule has 0 spiro atoms. The Balaban J connectivity index is 1.32. The summed E-state index contributed by atoms with van der Waals surface area (Å²) in [5.41, 5.74) is 4.68. The maximum absolute atomic E-state index is 12.5. The fourth-order valence-electron chi connectivity index (χ4n) is 3.73. The van der Waals surface area contributed by atoms with Crippen LogP contribution in [0.1, 0.15) is 27.0 Å². The molecule has 0 unspecified atom stereocenters. The van der Waals surface area contributed by atoms with E-state index in [2.05, 4.69) is 34.9 Å². The number of nitrogens with one attached hydrogen (secondary N) is 2. The third-order valence-electron chi connectivity index (χ3n) is 5.17. The lowest BCUT2D eigenvalue weighted by Gasteiger charge is -2.26. The van der Waals surface area contributed by atoms with E-state index >= 15 is 0 Å².